The molecule has 0 aromatic carbocycles. The third-order valence-corrected chi connectivity index (χ3v) is 3.59. The molecule has 2 fully saturated rings. The van der Waals surface area contributed by atoms with Crippen molar-refractivity contribution in [3.8, 4) is 0 Å². The van der Waals surface area contributed by atoms with Crippen molar-refractivity contribution in [2.45, 2.75) is 51.9 Å². The van der Waals surface area contributed by atoms with Crippen LogP contribution >= 0.6 is 0 Å². The van der Waals surface area contributed by atoms with Gasteiger partial charge in [-0.2, -0.15) is 0 Å². The van der Waals surface area contributed by atoms with Crippen LogP contribution in [0, 0.1) is 0 Å². The van der Waals surface area contributed by atoms with Crippen molar-refractivity contribution in [1.29, 1.82) is 0 Å². The number of hydrogen-bond donors (Lipinski definition) is 0. The van der Waals surface area contributed by atoms with E-state index in [1.165, 1.54) is 17.7 Å². The first kappa shape index (κ1) is 19.7. The monoisotopic (exact) mass is 310 g/mol. The van der Waals surface area contributed by atoms with Crippen LogP contribution in [0.2, 0.25) is 0 Å². The van der Waals surface area contributed by atoms with Gasteiger partial charge >= 0.3 is 0 Å². The predicted molar refractivity (Wildman–Crippen MR) is 75.0 cm³/mol. The predicted octanol–water partition coefficient (Wildman–Crippen LogP) is 2.44. The molecule has 2 rings (SSSR count). The molecule has 0 unspecified atom stereocenters. The quantitative estimate of drug-likeness (QED) is 0.786. The van der Waals surface area contributed by atoms with Crippen molar-refractivity contribution in [1.82, 2.24) is 9.80 Å². The number of carbonyl (C=O) groups is 2. The second kappa shape index (κ2) is 8.89. The second-order valence-electron chi connectivity index (χ2n) is 5.22. The van der Waals surface area contributed by atoms with Crippen molar-refractivity contribution < 1.29 is 23.1 Å². The minimum Gasteiger partial charge on any atom is -0.343 e. The minimum absolute atomic E-state index is 0. The van der Waals surface area contributed by atoms with Crippen molar-refractivity contribution in [2.75, 3.05) is 26.2 Å². The molecule has 0 atom stereocenters. The molecular formula is C14H25F3N2O2. The fraction of sp³-hybridized carbons (Fsp3) is 0.857. The van der Waals surface area contributed by atoms with Crippen LogP contribution < -0.4 is 0 Å². The largest absolute Gasteiger partial charge is 0.343 e. The highest BCUT2D eigenvalue weighted by atomic mass is 19.3. The lowest BCUT2D eigenvalue weighted by molar-refractivity contribution is -0.131. The standard InChI is InChI=1S/C7H11F2NO.C7H13NO.FH/c1-2-6(11)10-4-3-7(8,9)5-10;1-2-7(9)8-5-3-4-6-8;/h2-5H2,1H3;2-6H2,1H3;1H. The first-order chi connectivity index (χ1) is 9.39. The maximum absolute atomic E-state index is 12.5. The van der Waals surface area contributed by atoms with E-state index < -0.39 is 5.92 Å². The summed E-state index contributed by atoms with van der Waals surface area (Å²) >= 11 is 0. The molecule has 0 spiro atoms. The number of nitrogens with zero attached hydrogens (tertiary/aromatic N) is 2. The van der Waals surface area contributed by atoms with Gasteiger partial charge in [-0.1, -0.05) is 13.8 Å². The molecule has 124 valence electrons. The maximum atomic E-state index is 12.5. The molecule has 2 amide bonds. The molecule has 2 saturated heterocycles. The summed E-state index contributed by atoms with van der Waals surface area (Å²) < 4.78 is 25.0. The molecule has 4 nitrogen and oxygen atoms in total. The Morgan fingerprint density at radius 3 is 1.81 bits per heavy atom. The lowest BCUT2D eigenvalue weighted by Crippen LogP contribution is -2.30. The number of likely N-dealkylation sites (tertiary alicyclic amines) is 2. The highest BCUT2D eigenvalue weighted by Crippen LogP contribution is 2.26. The van der Waals surface area contributed by atoms with Crippen LogP contribution in [0.5, 0.6) is 0 Å². The Morgan fingerprint density at radius 1 is 0.952 bits per heavy atom. The Labute approximate surface area is 123 Å². The summed E-state index contributed by atoms with van der Waals surface area (Å²) in [6, 6.07) is 0. The van der Waals surface area contributed by atoms with Crippen LogP contribution in [-0.4, -0.2) is 53.7 Å². The van der Waals surface area contributed by atoms with Crippen LogP contribution in [0.25, 0.3) is 0 Å². The van der Waals surface area contributed by atoms with Crippen LogP contribution in [0.3, 0.4) is 0 Å². The number of carbonyl (C=O) groups excluding carboxylic acids is 2. The van der Waals surface area contributed by atoms with E-state index in [0.717, 1.165) is 13.1 Å². The fourth-order valence-corrected chi connectivity index (χ4v) is 2.36. The van der Waals surface area contributed by atoms with E-state index in [1.54, 1.807) is 6.92 Å². The van der Waals surface area contributed by atoms with Crippen LogP contribution in [-0.2, 0) is 9.59 Å². The molecule has 0 aromatic heterocycles. The summed E-state index contributed by atoms with van der Waals surface area (Å²) in [7, 11) is 0. The highest BCUT2D eigenvalue weighted by Gasteiger charge is 2.39. The summed E-state index contributed by atoms with van der Waals surface area (Å²) in [5.41, 5.74) is 0. The zero-order valence-corrected chi connectivity index (χ0v) is 12.7. The summed E-state index contributed by atoms with van der Waals surface area (Å²) in [4.78, 5) is 25.0. The second-order valence-corrected chi connectivity index (χ2v) is 5.22. The van der Waals surface area contributed by atoms with E-state index in [1.807, 2.05) is 11.8 Å². The molecule has 0 saturated carbocycles. The Balaban J connectivity index is 0.000000370. The van der Waals surface area contributed by atoms with Gasteiger partial charge in [-0.15, -0.1) is 0 Å². The molecule has 0 bridgehead atoms. The summed E-state index contributed by atoms with van der Waals surface area (Å²) in [6.07, 6.45) is 3.20. The fourth-order valence-electron chi connectivity index (χ4n) is 2.36. The third-order valence-electron chi connectivity index (χ3n) is 3.59. The Bertz CT molecular complexity index is 345. The van der Waals surface area contributed by atoms with Gasteiger partial charge in [-0.25, -0.2) is 8.78 Å². The number of hydrogen-bond acceptors (Lipinski definition) is 2. The summed E-state index contributed by atoms with van der Waals surface area (Å²) in [5, 5.41) is 0. The number of halogens is 3. The van der Waals surface area contributed by atoms with Crippen molar-refractivity contribution in [3.63, 3.8) is 0 Å². The Hall–Kier alpha value is -1.27. The molecule has 0 aliphatic carbocycles. The van der Waals surface area contributed by atoms with Crippen molar-refractivity contribution in [2.24, 2.45) is 0 Å². The molecule has 0 radical (unpaired) electrons. The lowest BCUT2D eigenvalue weighted by atomic mass is 10.3. The van der Waals surface area contributed by atoms with Gasteiger partial charge in [-0.3, -0.25) is 14.3 Å². The Morgan fingerprint density at radius 2 is 1.43 bits per heavy atom. The molecule has 21 heavy (non-hydrogen) atoms. The summed E-state index contributed by atoms with van der Waals surface area (Å²) in [5.74, 6) is -2.51. The maximum Gasteiger partial charge on any atom is 0.267 e. The summed E-state index contributed by atoms with van der Waals surface area (Å²) in [6.45, 7) is 5.40. The van der Waals surface area contributed by atoms with Crippen molar-refractivity contribution >= 4 is 11.8 Å². The molecule has 2 heterocycles. The van der Waals surface area contributed by atoms with Gasteiger partial charge in [0.1, 0.15) is 0 Å². The molecule has 2 aliphatic rings. The van der Waals surface area contributed by atoms with Crippen LogP contribution in [0.15, 0.2) is 0 Å². The number of amides is 2. The molecule has 0 aromatic rings. The minimum atomic E-state index is -2.65. The molecule has 0 N–H and O–H groups in total. The van der Waals surface area contributed by atoms with Gasteiger partial charge in [0.05, 0.1) is 6.54 Å². The van der Waals surface area contributed by atoms with E-state index in [9.17, 15) is 18.4 Å². The smallest absolute Gasteiger partial charge is 0.267 e. The van der Waals surface area contributed by atoms with Crippen LogP contribution in [0.4, 0.5) is 13.5 Å². The van der Waals surface area contributed by atoms with Crippen molar-refractivity contribution in [3.05, 3.63) is 0 Å². The van der Waals surface area contributed by atoms with Gasteiger partial charge < -0.3 is 9.80 Å². The average Bonchev–Trinajstić information content (AvgIpc) is 3.07. The third kappa shape index (κ3) is 6.35. The van der Waals surface area contributed by atoms with Gasteiger partial charge in [0.15, 0.2) is 0 Å². The van der Waals surface area contributed by atoms with Gasteiger partial charge in [0, 0.05) is 38.9 Å². The van der Waals surface area contributed by atoms with Gasteiger partial charge in [0.25, 0.3) is 5.92 Å². The number of alkyl halides is 2. The SMILES string of the molecule is CCC(=O)N1CCC(F)(F)C1.CCC(=O)N1CCCC1.F. The lowest BCUT2D eigenvalue weighted by Gasteiger charge is -2.14. The Kier molecular flexibility index (Phi) is 8.36. The average molecular weight is 310 g/mol. The molecule has 2 aliphatic heterocycles. The molecule has 7 heteroatoms. The zero-order valence-electron chi connectivity index (χ0n) is 12.7. The van der Waals surface area contributed by atoms with Crippen LogP contribution in [0.1, 0.15) is 46.0 Å². The first-order valence-corrected chi connectivity index (χ1v) is 7.33. The van der Waals surface area contributed by atoms with E-state index in [2.05, 4.69) is 0 Å². The first-order valence-electron chi connectivity index (χ1n) is 7.33. The normalized spacial score (nSPS) is 19.6. The topological polar surface area (TPSA) is 40.6 Å². The van der Waals surface area contributed by atoms with Gasteiger partial charge in [-0.05, 0) is 12.8 Å². The van der Waals surface area contributed by atoms with E-state index >= 15 is 0 Å². The van der Waals surface area contributed by atoms with E-state index in [0.29, 0.717) is 18.7 Å². The van der Waals surface area contributed by atoms with Gasteiger partial charge in [0.2, 0.25) is 11.8 Å². The zero-order chi connectivity index (χ0) is 15.2. The van der Waals surface area contributed by atoms with E-state index in [-0.39, 0.29) is 30.1 Å². The molecular weight excluding hydrogens is 285 g/mol. The number of rotatable bonds is 2. The van der Waals surface area contributed by atoms with E-state index in [4.69, 9.17) is 0 Å². The highest BCUT2D eigenvalue weighted by molar-refractivity contribution is 5.76.